The summed E-state index contributed by atoms with van der Waals surface area (Å²) in [6.45, 7) is 5.27. The van der Waals surface area contributed by atoms with Gasteiger partial charge >= 0.3 is 12.0 Å². The smallest absolute Gasteiger partial charge is 0.326 e. The minimum Gasteiger partial charge on any atom is -0.456 e. The number of Topliss-reactive ketones (excluding diaryl/α,β-unsaturated/α-hetero) is 1. The number of imide groups is 1. The van der Waals surface area contributed by atoms with Crippen molar-refractivity contribution in [2.24, 2.45) is 11.3 Å². The average molecular weight is 375 g/mol. The van der Waals surface area contributed by atoms with E-state index in [0.717, 1.165) is 11.3 Å². The molecule has 0 unspecified atom stereocenters. The van der Waals surface area contributed by atoms with Crippen molar-refractivity contribution in [2.75, 3.05) is 13.2 Å². The summed E-state index contributed by atoms with van der Waals surface area (Å²) in [6, 6.07) is 2.65. The second kappa shape index (κ2) is 6.83. The summed E-state index contributed by atoms with van der Waals surface area (Å²) in [4.78, 5) is 52.9. The minimum atomic E-state index is -0.960. The van der Waals surface area contributed by atoms with Crippen LogP contribution >= 0.6 is 0 Å². The van der Waals surface area contributed by atoms with Crippen LogP contribution in [0.2, 0.25) is 0 Å². The fourth-order valence-corrected chi connectivity index (χ4v) is 4.55. The molecule has 3 amide bonds. The number of hydrogen-bond donors (Lipinski definition) is 2. The summed E-state index contributed by atoms with van der Waals surface area (Å²) in [7, 11) is 0. The third kappa shape index (κ3) is 3.89. The predicted octanol–water partition coefficient (Wildman–Crippen LogP) is 1.88. The molecule has 0 radical (unpaired) electrons. The molecule has 1 aromatic heterocycles. The van der Waals surface area contributed by atoms with Crippen LogP contribution in [0.1, 0.15) is 50.5 Å². The Morgan fingerprint density at radius 2 is 2.04 bits per heavy atom. The van der Waals surface area contributed by atoms with Gasteiger partial charge in [0.1, 0.15) is 12.1 Å². The number of nitrogens with zero attached hydrogens (tertiary/aromatic N) is 1. The normalized spacial score (nSPS) is 26.9. The molecule has 1 saturated heterocycles. The van der Waals surface area contributed by atoms with E-state index >= 15 is 0 Å². The molecule has 2 heterocycles. The fourth-order valence-electron chi connectivity index (χ4n) is 4.55. The molecule has 1 aliphatic carbocycles. The number of amides is 3. The first-order chi connectivity index (χ1) is 12.6. The van der Waals surface area contributed by atoms with Gasteiger partial charge in [0.05, 0.1) is 5.69 Å². The number of rotatable bonds is 5. The van der Waals surface area contributed by atoms with Gasteiger partial charge in [0, 0.05) is 6.20 Å². The number of hydrogen-bond acceptors (Lipinski definition) is 5. The van der Waals surface area contributed by atoms with E-state index in [2.05, 4.69) is 31.1 Å². The van der Waals surface area contributed by atoms with E-state index in [1.54, 1.807) is 18.3 Å². The molecule has 3 rings (SSSR count). The molecular weight excluding hydrogens is 350 g/mol. The number of urea groups is 1. The summed E-state index contributed by atoms with van der Waals surface area (Å²) in [5.74, 6) is -1.29. The maximum absolute atomic E-state index is 12.9. The second-order valence-corrected chi connectivity index (χ2v) is 8.43. The van der Waals surface area contributed by atoms with Crippen molar-refractivity contribution in [1.29, 1.82) is 0 Å². The summed E-state index contributed by atoms with van der Waals surface area (Å²) >= 11 is 0. The Morgan fingerprint density at radius 3 is 2.67 bits per heavy atom. The van der Waals surface area contributed by atoms with Crippen molar-refractivity contribution in [3.8, 4) is 0 Å². The van der Waals surface area contributed by atoms with Gasteiger partial charge in [-0.3, -0.25) is 19.3 Å². The predicted molar refractivity (Wildman–Crippen MR) is 95.9 cm³/mol. The highest BCUT2D eigenvalue weighted by Crippen LogP contribution is 2.46. The van der Waals surface area contributed by atoms with Crippen LogP contribution in [0.3, 0.4) is 0 Å². The number of nitrogens with one attached hydrogen (secondary N) is 2. The summed E-state index contributed by atoms with van der Waals surface area (Å²) in [5.41, 5.74) is -0.715. The first-order valence-electron chi connectivity index (χ1n) is 9.08. The fraction of sp³-hybridized carbons (Fsp3) is 0.579. The van der Waals surface area contributed by atoms with E-state index in [9.17, 15) is 19.2 Å². The Labute approximate surface area is 157 Å². The minimum absolute atomic E-state index is 0.0837. The molecule has 1 saturated carbocycles. The lowest BCUT2D eigenvalue weighted by Crippen LogP contribution is -2.54. The van der Waals surface area contributed by atoms with Crippen molar-refractivity contribution in [3.63, 3.8) is 0 Å². The van der Waals surface area contributed by atoms with Crippen molar-refractivity contribution in [3.05, 3.63) is 24.0 Å². The van der Waals surface area contributed by atoms with Gasteiger partial charge in [0.25, 0.3) is 5.91 Å². The maximum atomic E-state index is 12.9. The number of carbonyl (C=O) groups excluding carboxylic acids is 4. The maximum Gasteiger partial charge on any atom is 0.326 e. The van der Waals surface area contributed by atoms with Crippen molar-refractivity contribution in [1.82, 2.24) is 15.2 Å². The summed E-state index contributed by atoms with van der Waals surface area (Å²) < 4.78 is 4.94. The molecule has 2 aliphatic rings. The van der Waals surface area contributed by atoms with Gasteiger partial charge in [-0.2, -0.15) is 0 Å². The molecule has 0 bridgehead atoms. The number of H-pyrrole nitrogens is 1. The first kappa shape index (κ1) is 19.1. The highest BCUT2D eigenvalue weighted by atomic mass is 16.5. The lowest BCUT2D eigenvalue weighted by molar-refractivity contribution is -0.147. The van der Waals surface area contributed by atoms with E-state index in [4.69, 9.17) is 4.74 Å². The van der Waals surface area contributed by atoms with Crippen molar-refractivity contribution < 1.29 is 23.9 Å². The third-order valence-electron chi connectivity index (χ3n) is 5.17. The molecule has 0 aromatic carbocycles. The van der Waals surface area contributed by atoms with Crippen molar-refractivity contribution in [2.45, 2.75) is 45.6 Å². The third-order valence-corrected chi connectivity index (χ3v) is 5.17. The standard InChI is InChI=1S/C19H25N3O5/c1-12-7-18(2,3)11-19(8-12)16(25)22(17(26)21-19)9-15(24)27-10-14(23)13-5-4-6-20-13/h4-6,12,20H,7-11H2,1-3H3,(H,21,26)/t12-,19-/m0/s1. The van der Waals surface area contributed by atoms with Gasteiger partial charge in [0.2, 0.25) is 5.78 Å². The Hall–Kier alpha value is -2.64. The van der Waals surface area contributed by atoms with Crippen LogP contribution in [-0.2, 0) is 14.3 Å². The highest BCUT2D eigenvalue weighted by Gasteiger charge is 2.56. The van der Waals surface area contributed by atoms with Crippen LogP contribution in [0.25, 0.3) is 0 Å². The monoisotopic (exact) mass is 375 g/mol. The summed E-state index contributed by atoms with van der Waals surface area (Å²) in [6.07, 6.45) is 3.65. The number of ether oxygens (including phenoxy) is 1. The average Bonchev–Trinajstić information content (AvgIpc) is 3.15. The van der Waals surface area contributed by atoms with Crippen LogP contribution in [0.15, 0.2) is 18.3 Å². The van der Waals surface area contributed by atoms with Gasteiger partial charge < -0.3 is 15.0 Å². The lowest BCUT2D eigenvalue weighted by atomic mass is 9.64. The Bertz CT molecular complexity index is 770. The van der Waals surface area contributed by atoms with Gasteiger partial charge in [-0.15, -0.1) is 0 Å². The molecule has 2 fully saturated rings. The molecule has 8 heteroatoms. The Morgan fingerprint density at radius 1 is 1.30 bits per heavy atom. The van der Waals surface area contributed by atoms with Crippen LogP contribution in [0.5, 0.6) is 0 Å². The van der Waals surface area contributed by atoms with Crippen LogP contribution < -0.4 is 5.32 Å². The largest absolute Gasteiger partial charge is 0.456 e. The molecule has 1 aromatic rings. The van der Waals surface area contributed by atoms with E-state index in [0.29, 0.717) is 18.5 Å². The zero-order valence-electron chi connectivity index (χ0n) is 15.8. The van der Waals surface area contributed by atoms with Gasteiger partial charge in [-0.1, -0.05) is 20.8 Å². The number of carbonyl (C=O) groups is 4. The Balaban J connectivity index is 1.62. The van der Waals surface area contributed by atoms with E-state index in [1.807, 2.05) is 0 Å². The van der Waals surface area contributed by atoms with Crippen LogP contribution in [0, 0.1) is 11.3 Å². The molecular formula is C19H25N3O5. The molecule has 8 nitrogen and oxygen atoms in total. The number of esters is 1. The zero-order valence-corrected chi connectivity index (χ0v) is 15.8. The first-order valence-corrected chi connectivity index (χ1v) is 9.08. The van der Waals surface area contributed by atoms with Crippen molar-refractivity contribution >= 4 is 23.7 Å². The summed E-state index contributed by atoms with van der Waals surface area (Å²) in [5, 5.41) is 2.81. The number of aromatic amines is 1. The molecule has 27 heavy (non-hydrogen) atoms. The van der Waals surface area contributed by atoms with Crippen LogP contribution in [-0.4, -0.2) is 52.3 Å². The molecule has 1 aliphatic heterocycles. The van der Waals surface area contributed by atoms with Gasteiger partial charge in [-0.25, -0.2) is 4.79 Å². The number of aromatic nitrogens is 1. The topological polar surface area (TPSA) is 109 Å². The molecule has 2 atom stereocenters. The second-order valence-electron chi connectivity index (χ2n) is 8.43. The SMILES string of the molecule is C[C@H]1CC(C)(C)C[C@]2(C1)NC(=O)N(CC(=O)OCC(=O)c1ccc[nH]1)C2=O. The van der Waals surface area contributed by atoms with E-state index in [-0.39, 0.29) is 23.0 Å². The molecule has 2 N–H and O–H groups in total. The number of ketones is 1. The quantitative estimate of drug-likeness (QED) is 0.464. The molecule has 1 spiro atoms. The van der Waals surface area contributed by atoms with E-state index in [1.165, 1.54) is 0 Å². The Kier molecular flexibility index (Phi) is 4.84. The molecule has 146 valence electrons. The van der Waals surface area contributed by atoms with E-state index < -0.39 is 30.7 Å². The highest BCUT2D eigenvalue weighted by molar-refractivity contribution is 6.09. The zero-order chi connectivity index (χ0) is 19.8. The van der Waals surface area contributed by atoms with Crippen LogP contribution in [0.4, 0.5) is 4.79 Å². The van der Waals surface area contributed by atoms with Gasteiger partial charge in [-0.05, 0) is 42.7 Å². The lowest BCUT2D eigenvalue weighted by Gasteiger charge is -2.43. The van der Waals surface area contributed by atoms with Gasteiger partial charge in [0.15, 0.2) is 6.61 Å².